The number of benzene rings is 2. The Labute approximate surface area is 748 Å². The van der Waals surface area contributed by atoms with Gasteiger partial charge in [0.05, 0.1) is 135 Å². The number of hydrogen-bond donors (Lipinski definition) is 5. The number of rotatable bonds is 31. The second-order valence-electron chi connectivity index (χ2n) is 36.0. The van der Waals surface area contributed by atoms with E-state index in [1.54, 1.807) is 12.0 Å². The summed E-state index contributed by atoms with van der Waals surface area (Å²) >= 11 is 0. The maximum Gasteiger partial charge on any atom is 0.407 e. The fourth-order valence-electron chi connectivity index (χ4n) is 19.1. The first-order valence-electron chi connectivity index (χ1n) is 46.9. The standard InChI is InChI=1S/C96H141N13O18/c1-64-13-8-7-9-14-66(3)86(117-6)58-78-16-12-17-85(125-78)90(113)94(115)108-35-11-10-15-76(108)62-124-83(26-18-65(2)54-68(5)82(111)59-81(110)67(4)53-64)79(97)56-69-20-24-77(25-21-69)126-96(116)100-34-42-119-44-46-121-48-50-123-52-51-122-49-47-120-45-43-118-41-33-87(112)106-39-31-75(32-40-106)105-36-28-71(29-37-105)93(114)107-38-30-72-55-70(19-22-74(72)61-107)60-109-92-88(91(98)101-63-102-92)89(104-109)73-23-27-84-80(57-73)103-95(99)127-84/h7-9,13-14,19,22-23,27,54-55,57,63-65,67,69,71,75-79,82-83,85-86,111H,10-12,15-18,20-21,24-26,28-53,56,58-62,97H2,1-6H3,(H2,99,103)(H,100,116)(H2,98,101,102)/b9-7+,13-8+,66-14+,68-54+/t64-,65?,67-,69?,76+,77?,78?,79-,82+,83+,85?,86+/m1/s1. The second-order valence-corrected chi connectivity index (χ2v) is 36.0. The monoisotopic (exact) mass is 1760 g/mol. The van der Waals surface area contributed by atoms with Gasteiger partial charge in [0.2, 0.25) is 17.6 Å². The Hall–Kier alpha value is -8.44. The van der Waals surface area contributed by atoms with Crippen molar-refractivity contribution in [3.63, 3.8) is 0 Å². The molecule has 2 aromatic carbocycles. The van der Waals surface area contributed by atoms with Gasteiger partial charge >= 0.3 is 6.09 Å². The summed E-state index contributed by atoms with van der Waals surface area (Å²) in [6, 6.07) is 11.9. The van der Waals surface area contributed by atoms with Gasteiger partial charge in [0.1, 0.15) is 41.3 Å². The van der Waals surface area contributed by atoms with Gasteiger partial charge in [0, 0.05) is 88.7 Å². The van der Waals surface area contributed by atoms with E-state index in [9.17, 15) is 33.9 Å². The highest BCUT2D eigenvalue weighted by atomic mass is 16.6. The number of nitrogens with zero attached hydrogens (tertiary/aromatic N) is 9. The average Bonchev–Trinajstić information content (AvgIpc) is 1.61. The van der Waals surface area contributed by atoms with Crippen molar-refractivity contribution >= 4 is 69.3 Å². The molecular formula is C96H141N13O18. The van der Waals surface area contributed by atoms with Gasteiger partial charge in [-0.3, -0.25) is 24.0 Å². The lowest BCUT2D eigenvalue weighted by Gasteiger charge is -2.42. The molecule has 5 aromatic rings. The lowest BCUT2D eigenvalue weighted by atomic mass is 9.82. The van der Waals surface area contributed by atoms with Crippen molar-refractivity contribution in [2.75, 3.05) is 150 Å². The molecule has 0 spiro atoms. The molecule has 1 aliphatic carbocycles. The summed E-state index contributed by atoms with van der Waals surface area (Å²) < 4.78 is 66.4. The number of piperidine rings is 3. The van der Waals surface area contributed by atoms with Crippen molar-refractivity contribution < 1.29 is 85.7 Å². The number of aliphatic hydroxyl groups is 1. The van der Waals surface area contributed by atoms with E-state index in [-0.39, 0.29) is 103 Å². The fraction of sp³-hybridized carbons (Fsp3) is 0.667. The molecule has 9 heterocycles. The van der Waals surface area contributed by atoms with Gasteiger partial charge in [0.15, 0.2) is 11.2 Å². The summed E-state index contributed by atoms with van der Waals surface area (Å²) in [5.74, 6) is -0.0276. The molecule has 31 nitrogen and oxygen atoms in total. The number of alkyl carbamates (subject to hydrolysis) is 1. The first kappa shape index (κ1) is 97.6. The zero-order valence-corrected chi connectivity index (χ0v) is 75.8. The number of ether oxygens (including phenoxy) is 10. The molecule has 4 saturated heterocycles. The van der Waals surface area contributed by atoms with Crippen LogP contribution in [0.1, 0.15) is 186 Å². The fourth-order valence-corrected chi connectivity index (χ4v) is 19.1. The molecule has 127 heavy (non-hydrogen) atoms. The van der Waals surface area contributed by atoms with Gasteiger partial charge in [0.25, 0.3) is 11.9 Å². The van der Waals surface area contributed by atoms with Crippen LogP contribution in [0.5, 0.6) is 0 Å². The van der Waals surface area contributed by atoms with Crippen LogP contribution in [0, 0.1) is 29.6 Å². The molecular weight excluding hydrogens is 1620 g/mol. The SMILES string of the molecule is CO[C@H]1CC2CCCC(O2)C(=O)C(=O)N2CCCC[C@H]2CO[C@H]([C@H](N)CC2CCC(OC(=O)NCCOCCOCCOCCOCCOCCOCCC(=O)N3CCC(N4CCC(C(=O)N5CCc6cc(Cn7nc(-c8ccc9oc(N)nc9c8)c8c(N)ncnc87)ccc6C5)CC4)CC3)CC2)CCC(C)/C=C(\C)[C@@H](O)CC(=O)[C@H](C)C[C@H](C)/C=C/C=C/C=C/1C. The lowest BCUT2D eigenvalue weighted by Crippen LogP contribution is -2.53. The normalized spacial score (nSPS) is 26.6. The van der Waals surface area contributed by atoms with E-state index in [0.717, 1.165) is 119 Å². The molecule has 5 fully saturated rings. The number of amides is 4. The Morgan fingerprint density at radius 2 is 1.40 bits per heavy atom. The van der Waals surface area contributed by atoms with Crippen LogP contribution in [0.25, 0.3) is 33.4 Å². The minimum absolute atomic E-state index is 0.00642. The number of carbonyl (C=O) groups is 6. The number of carbonyl (C=O) groups excluding carboxylic acids is 6. The van der Waals surface area contributed by atoms with Crippen molar-refractivity contribution in [2.45, 2.75) is 244 Å². The van der Waals surface area contributed by atoms with Crippen LogP contribution in [0.3, 0.4) is 0 Å². The smallest absolute Gasteiger partial charge is 0.407 e. The highest BCUT2D eigenvalue weighted by Gasteiger charge is 2.41. The van der Waals surface area contributed by atoms with E-state index in [1.165, 1.54) is 17.5 Å². The molecule has 3 unspecified atom stereocenters. The number of allylic oxidation sites excluding steroid dienone is 6. The maximum absolute atomic E-state index is 14.3. The van der Waals surface area contributed by atoms with Gasteiger partial charge in [-0.15, -0.1) is 0 Å². The molecule has 1 saturated carbocycles. The molecule has 0 radical (unpaired) electrons. The van der Waals surface area contributed by atoms with Crippen molar-refractivity contribution in [1.82, 2.24) is 49.6 Å². The van der Waals surface area contributed by atoms with Gasteiger partial charge in [-0.25, -0.2) is 19.4 Å². The van der Waals surface area contributed by atoms with E-state index in [1.807, 2.05) is 77.8 Å². The summed E-state index contributed by atoms with van der Waals surface area (Å²) in [5, 5.41) is 19.8. The van der Waals surface area contributed by atoms with Crippen molar-refractivity contribution in [3.05, 3.63) is 107 Å². The van der Waals surface area contributed by atoms with E-state index in [2.05, 4.69) is 69.4 Å². The van der Waals surface area contributed by atoms with Gasteiger partial charge in [-0.2, -0.15) is 10.1 Å². The summed E-state index contributed by atoms with van der Waals surface area (Å²) in [6.07, 6.45) is 25.8. The topological polar surface area (TPSA) is 388 Å². The van der Waals surface area contributed by atoms with Crippen LogP contribution in [0.4, 0.5) is 16.6 Å². The quantitative estimate of drug-likeness (QED) is 0.0156. The third-order valence-corrected chi connectivity index (χ3v) is 26.5. The zero-order chi connectivity index (χ0) is 89.6. The minimum Gasteiger partial charge on any atom is -0.446 e. The first-order chi connectivity index (χ1) is 61.6. The molecule has 10 atom stereocenters. The summed E-state index contributed by atoms with van der Waals surface area (Å²) in [5.41, 5.74) is 27.9. The predicted octanol–water partition coefficient (Wildman–Crippen LogP) is 11.0. The number of oxazole rings is 1. The van der Waals surface area contributed by atoms with Crippen molar-refractivity contribution in [1.29, 1.82) is 0 Å². The number of ketones is 2. The molecule has 2 bridgehead atoms. The highest BCUT2D eigenvalue weighted by molar-refractivity contribution is 6.38. The molecule has 698 valence electrons. The van der Waals surface area contributed by atoms with Crippen LogP contribution in [0.15, 0.2) is 94.7 Å². The third kappa shape index (κ3) is 29.3. The number of nitrogens with one attached hydrogen (secondary N) is 1. The minimum atomic E-state index is -0.893. The number of hydrogen-bond acceptors (Lipinski definition) is 26. The predicted molar refractivity (Wildman–Crippen MR) is 483 cm³/mol. The van der Waals surface area contributed by atoms with Crippen LogP contribution < -0.4 is 22.5 Å². The lowest BCUT2D eigenvalue weighted by molar-refractivity contribution is -0.159. The van der Waals surface area contributed by atoms with E-state index in [0.29, 0.717) is 216 Å². The number of anilines is 2. The van der Waals surface area contributed by atoms with Crippen LogP contribution >= 0.6 is 0 Å². The number of aliphatic hydroxyl groups excluding tert-OH is 1. The largest absolute Gasteiger partial charge is 0.446 e. The average molecular weight is 1770 g/mol. The molecule has 6 aliphatic heterocycles. The third-order valence-electron chi connectivity index (χ3n) is 26.5. The van der Waals surface area contributed by atoms with Gasteiger partial charge < -0.3 is 99.0 Å². The van der Waals surface area contributed by atoms with Gasteiger partial charge in [-0.1, -0.05) is 75.4 Å². The number of fused-ring (bicyclic) bond motifs is 6. The Morgan fingerprint density at radius 1 is 0.685 bits per heavy atom. The van der Waals surface area contributed by atoms with Crippen LogP contribution in [0.2, 0.25) is 0 Å². The summed E-state index contributed by atoms with van der Waals surface area (Å²) in [6.45, 7) is 20.6. The van der Waals surface area contributed by atoms with Crippen LogP contribution in [-0.4, -0.2) is 278 Å². The zero-order valence-electron chi connectivity index (χ0n) is 75.8. The number of aromatic nitrogens is 5. The number of methoxy groups -OCH3 is 1. The van der Waals surface area contributed by atoms with Gasteiger partial charge in [-0.05, 0) is 213 Å². The molecule has 8 N–H and O–H groups in total. The molecule has 3 aromatic heterocycles. The van der Waals surface area contributed by atoms with E-state index in [4.69, 9.17) is 74.1 Å². The summed E-state index contributed by atoms with van der Waals surface area (Å²) in [4.78, 5) is 103. The molecule has 12 rings (SSSR count). The van der Waals surface area contributed by atoms with Crippen molar-refractivity contribution in [3.8, 4) is 11.3 Å². The Bertz CT molecular complexity index is 4470. The molecule has 4 amide bonds. The number of Topliss-reactive ketones (excluding diaryl/α,β-unsaturated/α-hetero) is 2. The van der Waals surface area contributed by atoms with Crippen molar-refractivity contribution in [2.24, 2.45) is 35.3 Å². The Morgan fingerprint density at radius 3 is 2.13 bits per heavy atom. The Kier molecular flexibility index (Phi) is 38.5. The highest BCUT2D eigenvalue weighted by Crippen LogP contribution is 2.37. The maximum atomic E-state index is 14.3. The van der Waals surface area contributed by atoms with E-state index < -0.39 is 30.0 Å². The number of likely N-dealkylation sites (tertiary alicyclic amines) is 2. The second kappa shape index (κ2) is 50.1. The number of nitrogens with two attached hydrogens (primary N) is 3. The summed E-state index contributed by atoms with van der Waals surface area (Å²) in [7, 11) is 1.68. The number of nitrogen functional groups attached to an aromatic ring is 2. The molecule has 7 aliphatic rings. The first-order valence-corrected chi connectivity index (χ1v) is 46.9. The van der Waals surface area contributed by atoms with E-state index >= 15 is 0 Å². The van der Waals surface area contributed by atoms with Crippen LogP contribution in [-0.2, 0) is 90.9 Å². The Balaban J connectivity index is 0.454. The molecule has 31 heteroatoms.